The maximum atomic E-state index is 11.9. The predicted octanol–water partition coefficient (Wildman–Crippen LogP) is -0.176. The molecule has 2 aromatic rings. The van der Waals surface area contributed by atoms with E-state index in [4.69, 9.17) is 18.9 Å². The topological polar surface area (TPSA) is 163 Å². The molecule has 144 valence electrons. The number of aromatic hydroxyl groups is 4. The van der Waals surface area contributed by atoms with Gasteiger partial charge in [0.25, 0.3) is 23.5 Å². The molecule has 0 aromatic carbocycles. The summed E-state index contributed by atoms with van der Waals surface area (Å²) in [6.45, 7) is 0. The third-order valence-corrected chi connectivity index (χ3v) is 3.14. The standard InChI is InChI=1S/C13H16N2O11/c1-21-5-6(22-2)10(17)14(9(5)16)25-13(20)26-15-11(18)7(23-3)8(24-4)12(15)19/h16-19H,1-4H3. The second kappa shape index (κ2) is 7.00. The number of aromatic nitrogens is 2. The third kappa shape index (κ3) is 2.74. The van der Waals surface area contributed by atoms with E-state index in [-0.39, 0.29) is 32.5 Å². The SMILES string of the molecule is COc1c(OC)c(O)n(OC(=O)On2c(O)c(OC)c(OC)c2O)c1O. The van der Waals surface area contributed by atoms with Gasteiger partial charge in [-0.2, -0.15) is 4.79 Å². The van der Waals surface area contributed by atoms with Crippen LogP contribution in [-0.2, 0) is 0 Å². The molecule has 0 atom stereocenters. The summed E-state index contributed by atoms with van der Waals surface area (Å²) in [6, 6.07) is 0. The van der Waals surface area contributed by atoms with E-state index in [0.29, 0.717) is 0 Å². The van der Waals surface area contributed by atoms with E-state index in [0.717, 1.165) is 0 Å². The molecule has 0 bridgehead atoms. The van der Waals surface area contributed by atoms with Crippen LogP contribution in [-0.4, -0.2) is 64.5 Å². The van der Waals surface area contributed by atoms with Crippen molar-refractivity contribution in [3.05, 3.63) is 0 Å². The molecule has 0 saturated carbocycles. The summed E-state index contributed by atoms with van der Waals surface area (Å²) in [5, 5.41) is 39.6. The van der Waals surface area contributed by atoms with Gasteiger partial charge in [-0.15, -0.1) is 0 Å². The van der Waals surface area contributed by atoms with Gasteiger partial charge in [-0.3, -0.25) is 9.68 Å². The van der Waals surface area contributed by atoms with Crippen LogP contribution in [0.3, 0.4) is 0 Å². The fourth-order valence-corrected chi connectivity index (χ4v) is 2.05. The number of nitrogens with zero attached hydrogens (tertiary/aromatic N) is 2. The number of carbonyl (C=O) groups is 1. The Balaban J connectivity index is 2.31. The Bertz CT molecular complexity index is 702. The van der Waals surface area contributed by atoms with Crippen molar-refractivity contribution >= 4 is 6.16 Å². The molecule has 4 N–H and O–H groups in total. The lowest BCUT2D eigenvalue weighted by Gasteiger charge is -2.08. The Morgan fingerprint density at radius 1 is 0.615 bits per heavy atom. The molecular weight excluding hydrogens is 360 g/mol. The Kier molecular flexibility index (Phi) is 5.00. The van der Waals surface area contributed by atoms with Gasteiger partial charge in [0.05, 0.1) is 28.4 Å². The van der Waals surface area contributed by atoms with Crippen molar-refractivity contribution in [3.63, 3.8) is 0 Å². The van der Waals surface area contributed by atoms with Crippen LogP contribution in [0.25, 0.3) is 0 Å². The molecule has 0 spiro atoms. The lowest BCUT2D eigenvalue weighted by atomic mass is 10.5. The summed E-state index contributed by atoms with van der Waals surface area (Å²) in [7, 11) is 4.70. The van der Waals surface area contributed by atoms with Crippen LogP contribution in [0.1, 0.15) is 0 Å². The molecular formula is C13H16N2O11. The van der Waals surface area contributed by atoms with Crippen LogP contribution in [0.5, 0.6) is 46.5 Å². The van der Waals surface area contributed by atoms with Gasteiger partial charge >= 0.3 is 6.16 Å². The molecule has 0 aliphatic carbocycles. The van der Waals surface area contributed by atoms with Gasteiger partial charge in [0, 0.05) is 0 Å². The van der Waals surface area contributed by atoms with E-state index >= 15 is 0 Å². The van der Waals surface area contributed by atoms with Gasteiger partial charge in [0.2, 0.25) is 23.0 Å². The average Bonchev–Trinajstić information content (AvgIpc) is 2.99. The predicted molar refractivity (Wildman–Crippen MR) is 80.3 cm³/mol. The van der Waals surface area contributed by atoms with Crippen LogP contribution in [0.15, 0.2) is 0 Å². The second-order valence-corrected chi connectivity index (χ2v) is 4.45. The first-order chi connectivity index (χ1) is 12.3. The Labute approximate surface area is 145 Å². The lowest BCUT2D eigenvalue weighted by molar-refractivity contribution is 0.0190. The normalized spacial score (nSPS) is 10.3. The van der Waals surface area contributed by atoms with Gasteiger partial charge in [-0.05, 0) is 0 Å². The minimum Gasteiger partial charge on any atom is -0.490 e. The van der Waals surface area contributed by atoms with Gasteiger partial charge in [-0.1, -0.05) is 9.46 Å². The zero-order valence-corrected chi connectivity index (χ0v) is 14.0. The number of hydrogen-bond acceptors (Lipinski definition) is 11. The molecule has 2 heterocycles. The minimum absolute atomic E-state index is 0.242. The van der Waals surface area contributed by atoms with Crippen molar-refractivity contribution in [1.29, 1.82) is 0 Å². The zero-order valence-electron chi connectivity index (χ0n) is 14.0. The zero-order chi connectivity index (χ0) is 19.6. The Hall–Kier alpha value is -3.77. The first kappa shape index (κ1) is 18.6. The second-order valence-electron chi connectivity index (χ2n) is 4.45. The van der Waals surface area contributed by atoms with E-state index in [1.807, 2.05) is 0 Å². The number of ether oxygens (including phenoxy) is 4. The van der Waals surface area contributed by atoms with Gasteiger partial charge in [0.1, 0.15) is 0 Å². The molecule has 13 heteroatoms. The van der Waals surface area contributed by atoms with Crippen molar-refractivity contribution in [2.24, 2.45) is 0 Å². The average molecular weight is 376 g/mol. The summed E-state index contributed by atoms with van der Waals surface area (Å²) < 4.78 is 19.7. The number of carbonyl (C=O) groups excluding carboxylic acids is 1. The van der Waals surface area contributed by atoms with Crippen LogP contribution in [0.4, 0.5) is 4.79 Å². The molecule has 0 unspecified atom stereocenters. The van der Waals surface area contributed by atoms with Crippen LogP contribution in [0.2, 0.25) is 0 Å². The highest BCUT2D eigenvalue weighted by Gasteiger charge is 2.31. The highest BCUT2D eigenvalue weighted by molar-refractivity contribution is 5.65. The van der Waals surface area contributed by atoms with Crippen molar-refractivity contribution in [3.8, 4) is 46.5 Å². The molecule has 0 radical (unpaired) electrons. The highest BCUT2D eigenvalue weighted by atomic mass is 16.9. The minimum atomic E-state index is -1.58. The van der Waals surface area contributed by atoms with E-state index in [1.54, 1.807) is 0 Å². The van der Waals surface area contributed by atoms with Gasteiger partial charge < -0.3 is 39.4 Å². The van der Waals surface area contributed by atoms with Crippen molar-refractivity contribution in [1.82, 2.24) is 9.46 Å². The summed E-state index contributed by atoms with van der Waals surface area (Å²) >= 11 is 0. The smallest absolute Gasteiger partial charge is 0.490 e. The number of methoxy groups -OCH3 is 4. The highest BCUT2D eigenvalue weighted by Crippen LogP contribution is 2.47. The van der Waals surface area contributed by atoms with Gasteiger partial charge in [-0.25, -0.2) is 0 Å². The third-order valence-electron chi connectivity index (χ3n) is 3.14. The van der Waals surface area contributed by atoms with E-state index in [1.165, 1.54) is 28.4 Å². The fraction of sp³-hybridized carbons (Fsp3) is 0.308. The molecule has 0 fully saturated rings. The Morgan fingerprint density at radius 3 is 1.04 bits per heavy atom. The van der Waals surface area contributed by atoms with E-state index in [9.17, 15) is 25.2 Å². The van der Waals surface area contributed by atoms with Crippen LogP contribution < -0.4 is 28.6 Å². The summed E-state index contributed by atoms with van der Waals surface area (Å²) in [5.41, 5.74) is 0. The first-order valence-electron chi connectivity index (χ1n) is 6.72. The number of rotatable bonds is 6. The molecule has 26 heavy (non-hydrogen) atoms. The maximum Gasteiger partial charge on any atom is 0.560 e. The summed E-state index contributed by atoms with van der Waals surface area (Å²) in [5.74, 6) is -4.49. The quantitative estimate of drug-likeness (QED) is 0.529. The van der Waals surface area contributed by atoms with Crippen molar-refractivity contribution in [2.75, 3.05) is 28.4 Å². The molecule has 13 nitrogen and oxygen atoms in total. The molecule has 0 aliphatic heterocycles. The lowest BCUT2D eigenvalue weighted by Crippen LogP contribution is -2.28. The molecule has 2 aromatic heterocycles. The van der Waals surface area contributed by atoms with E-state index < -0.39 is 29.7 Å². The number of hydrogen-bond donors (Lipinski definition) is 4. The van der Waals surface area contributed by atoms with Crippen LogP contribution in [0, 0.1) is 0 Å². The van der Waals surface area contributed by atoms with Crippen molar-refractivity contribution < 1.29 is 53.8 Å². The molecule has 0 amide bonds. The largest absolute Gasteiger partial charge is 0.560 e. The van der Waals surface area contributed by atoms with Gasteiger partial charge in [0.15, 0.2) is 0 Å². The summed E-state index contributed by atoms with van der Waals surface area (Å²) in [4.78, 5) is 21.1. The molecule has 0 saturated heterocycles. The fourth-order valence-electron chi connectivity index (χ4n) is 2.05. The molecule has 0 aliphatic rings. The monoisotopic (exact) mass is 376 g/mol. The van der Waals surface area contributed by atoms with E-state index in [2.05, 4.69) is 9.68 Å². The summed E-state index contributed by atoms with van der Waals surface area (Å²) in [6.07, 6.45) is -1.58. The molecule has 2 rings (SSSR count). The Morgan fingerprint density at radius 2 is 0.846 bits per heavy atom. The first-order valence-corrected chi connectivity index (χ1v) is 6.72. The van der Waals surface area contributed by atoms with Crippen molar-refractivity contribution in [2.45, 2.75) is 0 Å². The van der Waals surface area contributed by atoms with Crippen LogP contribution >= 0.6 is 0 Å². The maximum absolute atomic E-state index is 11.9.